The van der Waals surface area contributed by atoms with Gasteiger partial charge < -0.3 is 29.6 Å². The third-order valence-electron chi connectivity index (χ3n) is 6.68. The monoisotopic (exact) mass is 604 g/mol. The van der Waals surface area contributed by atoms with Gasteiger partial charge in [-0.3, -0.25) is 9.36 Å². The summed E-state index contributed by atoms with van der Waals surface area (Å²) < 4.78 is 35.5. The van der Waals surface area contributed by atoms with Crippen LogP contribution in [0.1, 0.15) is 83.3 Å². The number of ether oxygens (including phenoxy) is 2. The van der Waals surface area contributed by atoms with Gasteiger partial charge in [-0.2, -0.15) is 0 Å². The van der Waals surface area contributed by atoms with E-state index in [0.717, 1.165) is 49.7 Å². The van der Waals surface area contributed by atoms with Crippen molar-refractivity contribution in [2.24, 2.45) is 5.73 Å². The van der Waals surface area contributed by atoms with E-state index in [2.05, 4.69) is 5.32 Å². The fraction of sp³-hybridized carbons (Fsp3) is 0.562. The number of nitrogens with one attached hydrogen (secondary N) is 1. The molecule has 42 heavy (non-hydrogen) atoms. The number of hydrogen-bond acceptors (Lipinski definition) is 8. The van der Waals surface area contributed by atoms with Gasteiger partial charge in [0, 0.05) is 6.54 Å². The summed E-state index contributed by atoms with van der Waals surface area (Å²) in [6.45, 7) is 6.03. The Kier molecular flexibility index (Phi) is 15.3. The molecule has 0 aliphatic rings. The topological polar surface area (TPSA) is 126 Å². The average Bonchev–Trinajstić information content (AvgIpc) is 2.96. The second-order valence-electron chi connectivity index (χ2n) is 11.6. The molecule has 2 aromatic carbocycles. The number of unbranched alkanes of at least 4 members (excludes halogenated alkanes) is 5. The number of methoxy groups -OCH3 is 1. The van der Waals surface area contributed by atoms with Crippen LogP contribution < -0.4 is 11.1 Å². The molecule has 0 heterocycles. The first-order chi connectivity index (χ1) is 19.9. The number of rotatable bonds is 19. The molecule has 0 fully saturated rings. The minimum Gasteiger partial charge on any atom is -0.468 e. The molecule has 1 atom stereocenters. The number of benzene rings is 2. The van der Waals surface area contributed by atoms with Crippen LogP contribution in [0.15, 0.2) is 60.7 Å². The van der Waals surface area contributed by atoms with Gasteiger partial charge >= 0.3 is 19.7 Å². The molecule has 0 aliphatic heterocycles. The average molecular weight is 605 g/mol. The summed E-state index contributed by atoms with van der Waals surface area (Å²) in [4.78, 5) is 24.3. The molecule has 0 radical (unpaired) electrons. The molecule has 0 aromatic heterocycles. The Morgan fingerprint density at radius 3 is 1.79 bits per heavy atom. The number of esters is 1. The van der Waals surface area contributed by atoms with E-state index in [0.29, 0.717) is 12.6 Å². The van der Waals surface area contributed by atoms with E-state index in [4.69, 9.17) is 24.3 Å². The molecule has 0 bridgehead atoms. The van der Waals surface area contributed by atoms with Crippen LogP contribution in [0.2, 0.25) is 0 Å². The van der Waals surface area contributed by atoms with Crippen LogP contribution in [0.3, 0.4) is 0 Å². The molecule has 0 saturated carbocycles. The number of carbonyl (C=O) groups is 2. The van der Waals surface area contributed by atoms with Crippen molar-refractivity contribution in [1.82, 2.24) is 5.32 Å². The molecule has 0 aliphatic carbocycles. The number of alkyl carbamates (subject to hydrolysis) is 1. The second kappa shape index (κ2) is 18.1. The molecule has 0 saturated heterocycles. The Morgan fingerprint density at radius 1 is 0.786 bits per heavy atom. The van der Waals surface area contributed by atoms with Crippen molar-refractivity contribution >= 4 is 19.7 Å². The summed E-state index contributed by atoms with van der Waals surface area (Å²) in [5.74, 6) is -0.491. The van der Waals surface area contributed by atoms with Gasteiger partial charge in [0.25, 0.3) is 0 Å². The minimum absolute atomic E-state index is 0.208. The Balaban J connectivity index is 1.74. The molecule has 9 nitrogen and oxygen atoms in total. The highest BCUT2D eigenvalue weighted by atomic mass is 31.2. The maximum atomic E-state index is 13.6. The Labute approximate surface area is 251 Å². The first kappa shape index (κ1) is 35.5. The fourth-order valence-corrected chi connectivity index (χ4v) is 5.98. The fourth-order valence-electron chi connectivity index (χ4n) is 4.35. The van der Waals surface area contributed by atoms with E-state index in [1.165, 1.54) is 7.11 Å². The van der Waals surface area contributed by atoms with Crippen LogP contribution in [-0.4, -0.2) is 43.0 Å². The Bertz CT molecular complexity index is 1060. The first-order valence-corrected chi connectivity index (χ1v) is 16.5. The van der Waals surface area contributed by atoms with Gasteiger partial charge in [0.1, 0.15) is 11.1 Å². The lowest BCUT2D eigenvalue weighted by molar-refractivity contribution is -0.147. The van der Waals surface area contributed by atoms with Gasteiger partial charge in [0.15, 0.2) is 0 Å². The zero-order chi connectivity index (χ0) is 30.9. The van der Waals surface area contributed by atoms with Crippen LogP contribution in [0.25, 0.3) is 0 Å². The highest BCUT2D eigenvalue weighted by Gasteiger charge is 2.34. The smallest absolute Gasteiger partial charge is 0.407 e. The SMILES string of the molecule is COC(=O)[C@@](N)(CCCCCCCCP(=O)(OCc1ccccc1)OCc1ccccc1)CCNC(=O)OC(C)(C)C. The first-order valence-electron chi connectivity index (χ1n) is 14.7. The van der Waals surface area contributed by atoms with Crippen molar-refractivity contribution in [3.05, 3.63) is 71.8 Å². The predicted octanol–water partition coefficient (Wildman–Crippen LogP) is 7.13. The van der Waals surface area contributed by atoms with E-state index in [-0.39, 0.29) is 26.2 Å². The maximum Gasteiger partial charge on any atom is 0.407 e. The van der Waals surface area contributed by atoms with Crippen LogP contribution in [-0.2, 0) is 41.1 Å². The summed E-state index contributed by atoms with van der Waals surface area (Å²) in [5.41, 5.74) is 6.51. The highest BCUT2D eigenvalue weighted by molar-refractivity contribution is 7.53. The van der Waals surface area contributed by atoms with Crippen molar-refractivity contribution in [1.29, 1.82) is 0 Å². The van der Waals surface area contributed by atoms with Crippen molar-refractivity contribution in [2.75, 3.05) is 19.8 Å². The lowest BCUT2D eigenvalue weighted by Gasteiger charge is -2.27. The Morgan fingerprint density at radius 2 is 1.29 bits per heavy atom. The molecule has 0 spiro atoms. The van der Waals surface area contributed by atoms with Gasteiger partial charge in [-0.25, -0.2) is 4.79 Å². The second-order valence-corrected chi connectivity index (χ2v) is 13.7. The number of nitrogens with two attached hydrogens (primary N) is 1. The van der Waals surface area contributed by atoms with Crippen molar-refractivity contribution in [3.8, 4) is 0 Å². The molecule has 0 unspecified atom stereocenters. The standard InChI is InChI=1S/C32H49N2O7P/c1-31(2,3)41-30(36)34-23-22-32(33,29(35)38-4)21-15-7-5-6-8-16-24-42(37,39-25-27-17-11-9-12-18-27)40-26-28-19-13-10-14-20-28/h9-14,17-20H,5-8,15-16,21-26,33H2,1-4H3,(H,34,36)/t32-/m1/s1. The van der Waals surface area contributed by atoms with Crippen molar-refractivity contribution in [3.63, 3.8) is 0 Å². The quantitative estimate of drug-likeness (QED) is 0.0985. The molecule has 10 heteroatoms. The van der Waals surface area contributed by atoms with E-state index < -0.39 is 30.8 Å². The van der Waals surface area contributed by atoms with Gasteiger partial charge in [-0.15, -0.1) is 0 Å². The summed E-state index contributed by atoms with van der Waals surface area (Å²) in [5, 5.41) is 2.65. The maximum absolute atomic E-state index is 13.6. The molecular formula is C32H49N2O7P. The normalized spacial score (nSPS) is 13.3. The van der Waals surface area contributed by atoms with Crippen molar-refractivity contribution < 1.29 is 32.7 Å². The molecule has 2 aromatic rings. The molecule has 3 N–H and O–H groups in total. The number of carbonyl (C=O) groups excluding carboxylic acids is 2. The third kappa shape index (κ3) is 14.5. The molecule has 1 amide bonds. The van der Waals surface area contributed by atoms with Crippen molar-refractivity contribution in [2.45, 2.75) is 96.5 Å². The summed E-state index contributed by atoms with van der Waals surface area (Å²) in [7, 11) is -1.97. The molecule has 2 rings (SSSR count). The van der Waals surface area contributed by atoms with Crippen LogP contribution >= 0.6 is 7.60 Å². The van der Waals surface area contributed by atoms with Gasteiger partial charge in [-0.1, -0.05) is 92.8 Å². The zero-order valence-corrected chi connectivity index (χ0v) is 26.5. The van der Waals surface area contributed by atoms with Crippen LogP contribution in [0, 0.1) is 0 Å². The van der Waals surface area contributed by atoms with Gasteiger partial charge in [0.2, 0.25) is 0 Å². The van der Waals surface area contributed by atoms with E-state index in [1.54, 1.807) is 20.8 Å². The lowest BCUT2D eigenvalue weighted by Crippen LogP contribution is -2.51. The minimum atomic E-state index is -3.29. The van der Waals surface area contributed by atoms with Crippen LogP contribution in [0.5, 0.6) is 0 Å². The van der Waals surface area contributed by atoms with Gasteiger partial charge in [0.05, 0.1) is 26.5 Å². The lowest BCUT2D eigenvalue weighted by atomic mass is 9.89. The highest BCUT2D eigenvalue weighted by Crippen LogP contribution is 2.50. The van der Waals surface area contributed by atoms with E-state index in [1.807, 2.05) is 60.7 Å². The predicted molar refractivity (Wildman–Crippen MR) is 165 cm³/mol. The Hall–Kier alpha value is -2.71. The zero-order valence-electron chi connectivity index (χ0n) is 25.6. The van der Waals surface area contributed by atoms with E-state index >= 15 is 0 Å². The molecule has 234 valence electrons. The largest absolute Gasteiger partial charge is 0.468 e. The molecular weight excluding hydrogens is 555 g/mol. The van der Waals surface area contributed by atoms with Gasteiger partial charge in [-0.05, 0) is 51.2 Å². The summed E-state index contributed by atoms with van der Waals surface area (Å²) in [6.07, 6.45) is 5.66. The van der Waals surface area contributed by atoms with Crippen LogP contribution in [0.4, 0.5) is 4.79 Å². The number of hydrogen-bond donors (Lipinski definition) is 2. The number of amides is 1. The summed E-state index contributed by atoms with van der Waals surface area (Å²) >= 11 is 0. The van der Waals surface area contributed by atoms with E-state index in [9.17, 15) is 14.2 Å². The third-order valence-corrected chi connectivity index (χ3v) is 8.59. The summed E-state index contributed by atoms with van der Waals surface area (Å²) in [6, 6.07) is 19.3.